The molecule has 0 bridgehead atoms. The highest BCUT2D eigenvalue weighted by atomic mass is 16.7. The van der Waals surface area contributed by atoms with Gasteiger partial charge in [-0.3, -0.25) is 4.79 Å². The maximum Gasteiger partial charge on any atom is 0.231 e. The number of aromatic nitrogens is 1. The predicted molar refractivity (Wildman–Crippen MR) is 120 cm³/mol. The first-order valence-electron chi connectivity index (χ1n) is 10.5. The van der Waals surface area contributed by atoms with E-state index in [0.717, 1.165) is 39.9 Å². The average Bonchev–Trinajstić information content (AvgIpc) is 3.45. The van der Waals surface area contributed by atoms with Gasteiger partial charge in [-0.05, 0) is 41.3 Å². The van der Waals surface area contributed by atoms with E-state index in [2.05, 4.69) is 34.6 Å². The summed E-state index contributed by atoms with van der Waals surface area (Å²) in [6, 6.07) is 24.3. The molecule has 0 unspecified atom stereocenters. The zero-order valence-electron chi connectivity index (χ0n) is 17.1. The number of para-hydroxylation sites is 1. The zero-order valence-corrected chi connectivity index (χ0v) is 17.1. The highest BCUT2D eigenvalue weighted by molar-refractivity contribution is 5.86. The lowest BCUT2D eigenvalue weighted by Crippen LogP contribution is -2.27. The molecule has 4 aromatic rings. The second-order valence-electron chi connectivity index (χ2n) is 7.74. The number of ether oxygens (including phenoxy) is 2. The number of hydrogen-bond donors (Lipinski definition) is 2. The molecule has 1 aromatic heterocycles. The minimum absolute atomic E-state index is 0.0314. The van der Waals surface area contributed by atoms with Gasteiger partial charge in [0.25, 0.3) is 0 Å². The lowest BCUT2D eigenvalue weighted by atomic mass is 9.87. The van der Waals surface area contributed by atoms with Gasteiger partial charge in [0.15, 0.2) is 11.5 Å². The summed E-state index contributed by atoms with van der Waals surface area (Å²) in [4.78, 5) is 16.2. The maximum atomic E-state index is 12.9. The molecule has 156 valence electrons. The summed E-state index contributed by atoms with van der Waals surface area (Å²) in [5, 5.41) is 4.22. The van der Waals surface area contributed by atoms with Crippen LogP contribution in [0.4, 0.5) is 0 Å². The fourth-order valence-electron chi connectivity index (χ4n) is 4.17. The number of carbonyl (C=O) groups excluding carboxylic acids is 1. The van der Waals surface area contributed by atoms with Crippen molar-refractivity contribution in [3.8, 4) is 11.5 Å². The Hall–Kier alpha value is -3.73. The zero-order chi connectivity index (χ0) is 21.0. The summed E-state index contributed by atoms with van der Waals surface area (Å²) in [7, 11) is 0. The molecule has 5 rings (SSSR count). The Morgan fingerprint density at radius 2 is 1.77 bits per heavy atom. The Balaban J connectivity index is 1.38. The predicted octanol–water partition coefficient (Wildman–Crippen LogP) is 4.78. The van der Waals surface area contributed by atoms with Crippen LogP contribution in [0.1, 0.15) is 29.0 Å². The van der Waals surface area contributed by atoms with Crippen LogP contribution in [-0.4, -0.2) is 24.2 Å². The monoisotopic (exact) mass is 412 g/mol. The molecule has 5 heteroatoms. The standard InChI is InChI=1S/C26H24N2O3/c29-26(27-13-12-18-6-2-1-3-7-18)15-21(19-10-11-24-25(14-19)31-17-30-24)22-16-28-23-9-5-4-8-20(22)23/h1-11,14,16,21,28H,12-13,15,17H2,(H,27,29)/t21-/m1/s1. The Morgan fingerprint density at radius 1 is 0.968 bits per heavy atom. The van der Waals surface area contributed by atoms with E-state index in [1.807, 2.05) is 54.7 Å². The molecule has 0 spiro atoms. The first-order valence-corrected chi connectivity index (χ1v) is 10.5. The lowest BCUT2D eigenvalue weighted by Gasteiger charge is -2.18. The first-order chi connectivity index (χ1) is 15.3. The lowest BCUT2D eigenvalue weighted by molar-refractivity contribution is -0.121. The van der Waals surface area contributed by atoms with E-state index >= 15 is 0 Å². The second kappa shape index (κ2) is 8.56. The highest BCUT2D eigenvalue weighted by Gasteiger charge is 2.24. The van der Waals surface area contributed by atoms with Crippen molar-refractivity contribution in [3.05, 3.63) is 95.7 Å². The van der Waals surface area contributed by atoms with Crippen LogP contribution in [-0.2, 0) is 11.2 Å². The molecule has 0 saturated heterocycles. The van der Waals surface area contributed by atoms with Gasteiger partial charge >= 0.3 is 0 Å². The van der Waals surface area contributed by atoms with Gasteiger partial charge in [-0.2, -0.15) is 0 Å². The summed E-state index contributed by atoms with van der Waals surface area (Å²) >= 11 is 0. The Labute approximate surface area is 181 Å². The molecule has 5 nitrogen and oxygen atoms in total. The number of carbonyl (C=O) groups is 1. The molecule has 31 heavy (non-hydrogen) atoms. The normalized spacial score (nSPS) is 13.3. The number of amides is 1. The average molecular weight is 412 g/mol. The molecule has 0 radical (unpaired) electrons. The van der Waals surface area contributed by atoms with Crippen molar-refractivity contribution in [3.63, 3.8) is 0 Å². The molecule has 2 heterocycles. The number of benzene rings is 3. The van der Waals surface area contributed by atoms with E-state index in [9.17, 15) is 4.79 Å². The van der Waals surface area contributed by atoms with E-state index in [-0.39, 0.29) is 18.6 Å². The quantitative estimate of drug-likeness (QED) is 0.459. The molecule has 3 aromatic carbocycles. The van der Waals surface area contributed by atoms with Gasteiger partial charge in [-0.1, -0.05) is 54.6 Å². The molecule has 0 saturated carbocycles. The third-order valence-corrected chi connectivity index (χ3v) is 5.76. The van der Waals surface area contributed by atoms with Crippen molar-refractivity contribution in [1.29, 1.82) is 0 Å². The van der Waals surface area contributed by atoms with Crippen LogP contribution in [0.5, 0.6) is 11.5 Å². The second-order valence-corrected chi connectivity index (χ2v) is 7.74. The summed E-state index contributed by atoms with van der Waals surface area (Å²) in [6.07, 6.45) is 3.18. The fraction of sp³-hybridized carbons (Fsp3) is 0.192. The third kappa shape index (κ3) is 4.12. The Kier molecular flexibility index (Phi) is 5.31. The van der Waals surface area contributed by atoms with Crippen LogP contribution in [0, 0.1) is 0 Å². The fourth-order valence-corrected chi connectivity index (χ4v) is 4.17. The summed E-state index contributed by atoms with van der Waals surface area (Å²) < 4.78 is 11.0. The number of H-pyrrole nitrogens is 1. The van der Waals surface area contributed by atoms with Crippen molar-refractivity contribution in [1.82, 2.24) is 10.3 Å². The Bertz CT molecular complexity index is 1200. The van der Waals surface area contributed by atoms with Crippen LogP contribution < -0.4 is 14.8 Å². The molecular weight excluding hydrogens is 388 g/mol. The molecule has 0 aliphatic carbocycles. The van der Waals surface area contributed by atoms with E-state index in [0.29, 0.717) is 13.0 Å². The molecule has 1 aliphatic rings. The molecule has 0 fully saturated rings. The summed E-state index contributed by atoms with van der Waals surface area (Å²) in [6.45, 7) is 0.848. The van der Waals surface area contributed by atoms with Crippen LogP contribution >= 0.6 is 0 Å². The largest absolute Gasteiger partial charge is 0.454 e. The molecular formula is C26H24N2O3. The van der Waals surface area contributed by atoms with Crippen molar-refractivity contribution in [2.45, 2.75) is 18.8 Å². The number of fused-ring (bicyclic) bond motifs is 2. The molecule has 1 aliphatic heterocycles. The van der Waals surface area contributed by atoms with Gasteiger partial charge in [-0.25, -0.2) is 0 Å². The van der Waals surface area contributed by atoms with Crippen molar-refractivity contribution in [2.24, 2.45) is 0 Å². The van der Waals surface area contributed by atoms with Crippen LogP contribution in [0.25, 0.3) is 10.9 Å². The van der Waals surface area contributed by atoms with Crippen molar-refractivity contribution in [2.75, 3.05) is 13.3 Å². The van der Waals surface area contributed by atoms with Crippen molar-refractivity contribution >= 4 is 16.8 Å². The summed E-state index contributed by atoms with van der Waals surface area (Å²) in [5.41, 5.74) is 4.42. The number of hydrogen-bond acceptors (Lipinski definition) is 3. The van der Waals surface area contributed by atoms with Gasteiger partial charge in [0.05, 0.1) is 0 Å². The number of nitrogens with one attached hydrogen (secondary N) is 2. The highest BCUT2D eigenvalue weighted by Crippen LogP contribution is 2.39. The van der Waals surface area contributed by atoms with Gasteiger partial charge in [0.2, 0.25) is 12.7 Å². The van der Waals surface area contributed by atoms with E-state index in [4.69, 9.17) is 9.47 Å². The summed E-state index contributed by atoms with van der Waals surface area (Å²) in [5.74, 6) is 1.41. The SMILES string of the molecule is O=C(C[C@H](c1ccc2c(c1)OCO2)c1c[nH]c2ccccc12)NCCc1ccccc1. The molecule has 1 amide bonds. The van der Waals surface area contributed by atoms with Gasteiger partial charge in [0, 0.05) is 36.0 Å². The number of aromatic amines is 1. The van der Waals surface area contributed by atoms with E-state index in [1.165, 1.54) is 5.56 Å². The van der Waals surface area contributed by atoms with Gasteiger partial charge < -0.3 is 19.8 Å². The Morgan fingerprint density at radius 3 is 2.68 bits per heavy atom. The minimum Gasteiger partial charge on any atom is -0.454 e. The maximum absolute atomic E-state index is 12.9. The topological polar surface area (TPSA) is 63.4 Å². The third-order valence-electron chi connectivity index (χ3n) is 5.76. The van der Waals surface area contributed by atoms with Crippen molar-refractivity contribution < 1.29 is 14.3 Å². The van der Waals surface area contributed by atoms with Crippen LogP contribution in [0.15, 0.2) is 79.0 Å². The van der Waals surface area contributed by atoms with Gasteiger partial charge in [-0.15, -0.1) is 0 Å². The molecule has 1 atom stereocenters. The smallest absolute Gasteiger partial charge is 0.231 e. The van der Waals surface area contributed by atoms with Crippen LogP contribution in [0.2, 0.25) is 0 Å². The number of rotatable bonds is 7. The molecule has 2 N–H and O–H groups in total. The minimum atomic E-state index is -0.0950. The van der Waals surface area contributed by atoms with Crippen LogP contribution in [0.3, 0.4) is 0 Å². The van der Waals surface area contributed by atoms with Gasteiger partial charge in [0.1, 0.15) is 0 Å². The first kappa shape index (κ1) is 19.2. The van der Waals surface area contributed by atoms with E-state index in [1.54, 1.807) is 0 Å². The van der Waals surface area contributed by atoms with E-state index < -0.39 is 0 Å².